The zero-order valence-corrected chi connectivity index (χ0v) is 19.3. The van der Waals surface area contributed by atoms with E-state index in [1.54, 1.807) is 42.5 Å². The number of nitrogens with zero attached hydrogens (tertiary/aromatic N) is 2. The van der Waals surface area contributed by atoms with Crippen LogP contribution in [0.1, 0.15) is 35.9 Å². The van der Waals surface area contributed by atoms with Crippen LogP contribution in [-0.4, -0.2) is 30.0 Å². The molecule has 3 amide bonds. The van der Waals surface area contributed by atoms with Crippen molar-refractivity contribution in [2.75, 3.05) is 28.6 Å². The van der Waals surface area contributed by atoms with Crippen LogP contribution in [0.4, 0.5) is 27.5 Å². The third kappa shape index (κ3) is 6.17. The van der Waals surface area contributed by atoms with Crippen molar-refractivity contribution in [3.8, 4) is 0 Å². The Morgan fingerprint density at radius 3 is 2.37 bits per heavy atom. The number of piperidine rings is 1. The maximum atomic E-state index is 13.1. The van der Waals surface area contributed by atoms with Gasteiger partial charge in [-0.25, -0.2) is 4.79 Å². The lowest BCUT2D eigenvalue weighted by Crippen LogP contribution is -2.34. The van der Waals surface area contributed by atoms with Gasteiger partial charge < -0.3 is 25.3 Å². The summed E-state index contributed by atoms with van der Waals surface area (Å²) in [4.78, 5) is 38.1. The molecule has 1 aliphatic heterocycles. The van der Waals surface area contributed by atoms with Crippen LogP contribution in [0, 0.1) is 16.0 Å². The van der Waals surface area contributed by atoms with Crippen LogP contribution in [0.5, 0.6) is 0 Å². The van der Waals surface area contributed by atoms with Gasteiger partial charge in [0.2, 0.25) is 0 Å². The van der Waals surface area contributed by atoms with Crippen LogP contribution in [0.2, 0.25) is 0 Å². The molecule has 0 spiro atoms. The van der Waals surface area contributed by atoms with Crippen LogP contribution >= 0.6 is 0 Å². The second-order valence-corrected chi connectivity index (χ2v) is 8.55. The fraction of sp³-hybridized carbons (Fsp3) is 0.280. The smallest absolute Gasteiger partial charge is 0.319 e. The Balaban J connectivity index is 1.42. The average molecular weight is 478 g/mol. The van der Waals surface area contributed by atoms with Crippen LogP contribution in [0.25, 0.3) is 0 Å². The maximum absolute atomic E-state index is 13.1. The van der Waals surface area contributed by atoms with Crippen molar-refractivity contribution in [3.05, 3.63) is 82.3 Å². The number of non-ortho nitro benzene ring substituents is 1. The van der Waals surface area contributed by atoms with E-state index < -0.39 is 16.9 Å². The van der Waals surface area contributed by atoms with Gasteiger partial charge in [0.05, 0.1) is 29.0 Å². The Morgan fingerprint density at radius 1 is 1.06 bits per heavy atom. The molecule has 1 aliphatic rings. The molecule has 0 radical (unpaired) electrons. The fourth-order valence-corrected chi connectivity index (χ4v) is 3.94. The molecule has 10 heteroatoms. The van der Waals surface area contributed by atoms with Crippen molar-refractivity contribution in [1.29, 1.82) is 0 Å². The minimum Gasteiger partial charge on any atom is -0.467 e. The summed E-state index contributed by atoms with van der Waals surface area (Å²) >= 11 is 0. The molecule has 0 saturated carbocycles. The van der Waals surface area contributed by atoms with Crippen molar-refractivity contribution in [3.63, 3.8) is 0 Å². The van der Waals surface area contributed by atoms with E-state index >= 15 is 0 Å². The lowest BCUT2D eigenvalue weighted by molar-refractivity contribution is -0.384. The number of hydrogen-bond donors (Lipinski definition) is 3. The summed E-state index contributed by atoms with van der Waals surface area (Å²) in [6.07, 6.45) is 3.54. The summed E-state index contributed by atoms with van der Waals surface area (Å²) in [5.41, 5.74) is 1.85. The largest absolute Gasteiger partial charge is 0.467 e. The summed E-state index contributed by atoms with van der Waals surface area (Å²) in [6.45, 7) is 4.04. The van der Waals surface area contributed by atoms with Gasteiger partial charge in [0.25, 0.3) is 11.6 Å². The molecule has 0 atom stereocenters. The van der Waals surface area contributed by atoms with Crippen LogP contribution in [0.3, 0.4) is 0 Å². The zero-order chi connectivity index (χ0) is 24.8. The highest BCUT2D eigenvalue weighted by atomic mass is 16.6. The monoisotopic (exact) mass is 477 g/mol. The summed E-state index contributed by atoms with van der Waals surface area (Å²) in [5.74, 6) is 0.818. The van der Waals surface area contributed by atoms with Crippen molar-refractivity contribution < 1.29 is 18.9 Å². The first-order valence-electron chi connectivity index (χ1n) is 11.4. The molecule has 3 N–H and O–H groups in total. The molecule has 2 aromatic carbocycles. The second-order valence-electron chi connectivity index (χ2n) is 8.55. The predicted octanol–water partition coefficient (Wildman–Crippen LogP) is 5.00. The molecule has 10 nitrogen and oxygen atoms in total. The van der Waals surface area contributed by atoms with E-state index in [0.29, 0.717) is 28.7 Å². The Morgan fingerprint density at radius 2 is 1.74 bits per heavy atom. The van der Waals surface area contributed by atoms with E-state index in [0.717, 1.165) is 25.9 Å². The zero-order valence-electron chi connectivity index (χ0n) is 19.3. The second kappa shape index (κ2) is 10.7. The molecular weight excluding hydrogens is 450 g/mol. The number of carbonyl (C=O) groups excluding carboxylic acids is 2. The summed E-state index contributed by atoms with van der Waals surface area (Å²) in [5, 5.41) is 19.5. The molecule has 182 valence electrons. The number of carbonyl (C=O) groups is 2. The van der Waals surface area contributed by atoms with Gasteiger partial charge in [-0.05, 0) is 61.2 Å². The maximum Gasteiger partial charge on any atom is 0.319 e. The van der Waals surface area contributed by atoms with Crippen molar-refractivity contribution in [2.24, 2.45) is 5.92 Å². The van der Waals surface area contributed by atoms with Gasteiger partial charge in [0, 0.05) is 36.6 Å². The third-order valence-electron chi connectivity index (χ3n) is 5.96. The standard InChI is InChI=1S/C25H27N5O5/c1-17-10-12-29(13-11-17)23-9-8-20(30(33)34)15-22(23)24(31)27-18-4-6-19(7-5-18)28-25(32)26-16-21-3-2-14-35-21/h2-9,14-15,17H,10-13,16H2,1H3,(H,27,31)(H2,26,28,32). The van der Waals surface area contributed by atoms with Crippen LogP contribution < -0.4 is 20.9 Å². The molecule has 1 fully saturated rings. The van der Waals surface area contributed by atoms with Crippen molar-refractivity contribution in [1.82, 2.24) is 5.32 Å². The topological polar surface area (TPSA) is 130 Å². The number of nitrogens with one attached hydrogen (secondary N) is 3. The van der Waals surface area contributed by atoms with Crippen LogP contribution in [0.15, 0.2) is 65.3 Å². The number of nitro benzene ring substituents is 1. The molecule has 3 aromatic rings. The summed E-state index contributed by atoms with van der Waals surface area (Å²) < 4.78 is 5.17. The number of benzene rings is 2. The lowest BCUT2D eigenvalue weighted by atomic mass is 9.98. The minimum atomic E-state index is -0.504. The van der Waals surface area contributed by atoms with E-state index in [2.05, 4.69) is 27.8 Å². The van der Waals surface area contributed by atoms with E-state index in [1.165, 1.54) is 18.4 Å². The summed E-state index contributed by atoms with van der Waals surface area (Å²) in [6, 6.07) is 14.1. The number of amides is 3. The average Bonchev–Trinajstić information content (AvgIpc) is 3.38. The fourth-order valence-electron chi connectivity index (χ4n) is 3.94. The molecule has 0 unspecified atom stereocenters. The highest BCUT2D eigenvalue weighted by molar-refractivity contribution is 6.08. The van der Waals surface area contributed by atoms with Gasteiger partial charge in [0.1, 0.15) is 5.76 Å². The number of urea groups is 1. The minimum absolute atomic E-state index is 0.135. The predicted molar refractivity (Wildman–Crippen MR) is 133 cm³/mol. The molecule has 35 heavy (non-hydrogen) atoms. The van der Waals surface area contributed by atoms with Crippen molar-refractivity contribution >= 4 is 34.7 Å². The molecular formula is C25H27N5O5. The number of rotatable bonds is 7. The highest BCUT2D eigenvalue weighted by Gasteiger charge is 2.23. The van der Waals surface area contributed by atoms with Crippen molar-refractivity contribution in [2.45, 2.75) is 26.3 Å². The quantitative estimate of drug-likeness (QED) is 0.324. The van der Waals surface area contributed by atoms with E-state index in [1.807, 2.05) is 0 Å². The number of hydrogen-bond acceptors (Lipinski definition) is 6. The number of anilines is 3. The van der Waals surface area contributed by atoms with E-state index in [4.69, 9.17) is 4.42 Å². The molecule has 1 aromatic heterocycles. The number of nitro groups is 1. The van der Waals surface area contributed by atoms with Gasteiger partial charge in [0.15, 0.2) is 0 Å². The van der Waals surface area contributed by atoms with Gasteiger partial charge in [-0.15, -0.1) is 0 Å². The molecule has 0 aliphatic carbocycles. The lowest BCUT2D eigenvalue weighted by Gasteiger charge is -2.33. The normalized spacial score (nSPS) is 13.8. The van der Waals surface area contributed by atoms with Gasteiger partial charge >= 0.3 is 6.03 Å². The molecule has 1 saturated heterocycles. The Hall–Kier alpha value is -4.34. The van der Waals surface area contributed by atoms with E-state index in [-0.39, 0.29) is 17.8 Å². The first-order chi connectivity index (χ1) is 16.9. The third-order valence-corrected chi connectivity index (χ3v) is 5.96. The summed E-state index contributed by atoms with van der Waals surface area (Å²) in [7, 11) is 0. The molecule has 0 bridgehead atoms. The molecule has 4 rings (SSSR count). The van der Waals surface area contributed by atoms with Gasteiger partial charge in [-0.2, -0.15) is 0 Å². The van der Waals surface area contributed by atoms with Crippen LogP contribution in [-0.2, 0) is 6.54 Å². The SMILES string of the molecule is CC1CCN(c2ccc([N+](=O)[O-])cc2C(=O)Nc2ccc(NC(=O)NCc3ccco3)cc2)CC1. The number of furan rings is 1. The van der Waals surface area contributed by atoms with E-state index in [9.17, 15) is 19.7 Å². The Kier molecular flexibility index (Phi) is 7.30. The Labute approximate surface area is 202 Å². The molecule has 2 heterocycles. The van der Waals surface area contributed by atoms with Gasteiger partial charge in [-0.1, -0.05) is 6.92 Å². The first kappa shape index (κ1) is 23.8. The highest BCUT2D eigenvalue weighted by Crippen LogP contribution is 2.30. The Bertz CT molecular complexity index is 1190. The van der Waals surface area contributed by atoms with Gasteiger partial charge in [-0.3, -0.25) is 14.9 Å². The first-order valence-corrected chi connectivity index (χ1v) is 11.4.